The Morgan fingerprint density at radius 1 is 1.12 bits per heavy atom. The Labute approximate surface area is 143 Å². The van der Waals surface area contributed by atoms with E-state index in [1.807, 2.05) is 0 Å². The van der Waals surface area contributed by atoms with Crippen molar-refractivity contribution in [1.29, 1.82) is 0 Å². The number of nitro benzene ring substituents is 1. The van der Waals surface area contributed by atoms with Crippen LogP contribution in [0, 0.1) is 10.1 Å². The van der Waals surface area contributed by atoms with E-state index in [9.17, 15) is 41.6 Å². The van der Waals surface area contributed by atoms with Crippen LogP contribution in [0.2, 0.25) is 0 Å². The number of benzene rings is 2. The van der Waals surface area contributed by atoms with E-state index in [-0.39, 0.29) is 4.90 Å². The normalized spacial score (nSPS) is 11.8. The summed E-state index contributed by atoms with van der Waals surface area (Å²) in [7, 11) is -4.51. The number of sulfone groups is 1. The Morgan fingerprint density at radius 2 is 1.69 bits per heavy atom. The minimum absolute atomic E-state index is 0.359. The molecule has 2 rings (SSSR count). The van der Waals surface area contributed by atoms with Gasteiger partial charge in [-0.15, -0.1) is 0 Å². The first-order valence-electron chi connectivity index (χ1n) is 6.65. The summed E-state index contributed by atoms with van der Waals surface area (Å²) in [4.78, 5) is 19.7. The van der Waals surface area contributed by atoms with Crippen LogP contribution < -0.4 is 5.32 Å². The number of rotatable bonds is 4. The molecule has 26 heavy (non-hydrogen) atoms. The van der Waals surface area contributed by atoms with E-state index in [4.69, 9.17) is 0 Å². The summed E-state index contributed by atoms with van der Waals surface area (Å²) in [5.41, 5.74) is -2.65. The number of amides is 1. The number of hydrogen-bond donors (Lipinski definition) is 2. The number of halogens is 3. The first-order chi connectivity index (χ1) is 12.0. The number of alkyl halides is 3. The van der Waals surface area contributed by atoms with E-state index in [1.165, 1.54) is 18.2 Å². The molecule has 138 valence electrons. The van der Waals surface area contributed by atoms with Gasteiger partial charge in [0.2, 0.25) is 9.84 Å². The van der Waals surface area contributed by atoms with Crippen LogP contribution in [-0.2, 0) is 14.6 Å². The Kier molecular flexibility index (Phi) is 4.89. The minimum atomic E-state index is -5.41. The SMILES string of the molecule is O=C(Nc1c(O)ccc(S(=O)(=O)c2ccccc2)c1[N+](=O)[O-])C(F)(F)F. The molecule has 0 saturated carbocycles. The standard InChI is InChI=1S/C14H9F3N2O6S/c15-14(16,17)13(21)18-11-9(20)6-7-10(12(11)19(22)23)26(24,25)8-4-2-1-3-5-8/h1-7,20H,(H,18,21). The molecule has 0 atom stereocenters. The van der Waals surface area contributed by atoms with Crippen molar-refractivity contribution in [2.24, 2.45) is 0 Å². The van der Waals surface area contributed by atoms with Crippen LogP contribution in [0.15, 0.2) is 52.3 Å². The van der Waals surface area contributed by atoms with Gasteiger partial charge in [-0.3, -0.25) is 14.9 Å². The van der Waals surface area contributed by atoms with E-state index in [0.717, 1.165) is 17.4 Å². The van der Waals surface area contributed by atoms with Gasteiger partial charge in [0.15, 0.2) is 10.6 Å². The van der Waals surface area contributed by atoms with Crippen molar-refractivity contribution < 1.29 is 36.4 Å². The second kappa shape index (κ2) is 6.63. The van der Waals surface area contributed by atoms with E-state index in [1.54, 1.807) is 0 Å². The number of aromatic hydroxyl groups is 1. The van der Waals surface area contributed by atoms with Gasteiger partial charge in [-0.25, -0.2) is 8.42 Å². The molecule has 2 aromatic rings. The maximum Gasteiger partial charge on any atom is 0.471 e. The summed E-state index contributed by atoms with van der Waals surface area (Å²) in [6.07, 6.45) is -5.41. The zero-order valence-electron chi connectivity index (χ0n) is 12.5. The zero-order chi connectivity index (χ0) is 19.7. The lowest BCUT2D eigenvalue weighted by atomic mass is 10.2. The number of nitrogens with zero attached hydrogens (tertiary/aromatic N) is 1. The molecule has 2 N–H and O–H groups in total. The van der Waals surface area contributed by atoms with Gasteiger partial charge in [0.25, 0.3) is 0 Å². The first kappa shape index (κ1) is 19.2. The lowest BCUT2D eigenvalue weighted by Crippen LogP contribution is -2.30. The summed E-state index contributed by atoms with van der Waals surface area (Å²) >= 11 is 0. The molecule has 0 heterocycles. The molecule has 0 aliphatic heterocycles. The van der Waals surface area contributed by atoms with E-state index in [0.29, 0.717) is 12.1 Å². The van der Waals surface area contributed by atoms with Crippen molar-refractivity contribution in [2.45, 2.75) is 16.0 Å². The van der Waals surface area contributed by atoms with Crippen molar-refractivity contribution in [3.63, 3.8) is 0 Å². The Hall–Kier alpha value is -3.15. The maximum atomic E-state index is 12.6. The molecule has 0 aliphatic rings. The zero-order valence-corrected chi connectivity index (χ0v) is 13.3. The fraction of sp³-hybridized carbons (Fsp3) is 0.0714. The van der Waals surface area contributed by atoms with Crippen LogP contribution in [0.25, 0.3) is 0 Å². The quantitative estimate of drug-likeness (QED) is 0.469. The van der Waals surface area contributed by atoms with Crippen LogP contribution in [0.3, 0.4) is 0 Å². The Morgan fingerprint density at radius 3 is 2.19 bits per heavy atom. The van der Waals surface area contributed by atoms with E-state index >= 15 is 0 Å². The van der Waals surface area contributed by atoms with Gasteiger partial charge in [0.05, 0.1) is 9.82 Å². The molecule has 1 amide bonds. The molecule has 8 nitrogen and oxygen atoms in total. The third kappa shape index (κ3) is 3.59. The number of phenols is 1. The number of anilines is 1. The summed E-state index contributed by atoms with van der Waals surface area (Å²) < 4.78 is 62.4. The van der Waals surface area contributed by atoms with Gasteiger partial charge in [0.1, 0.15) is 5.75 Å². The number of nitrogens with one attached hydrogen (secondary N) is 1. The number of hydrogen-bond acceptors (Lipinski definition) is 6. The van der Waals surface area contributed by atoms with E-state index < -0.39 is 48.9 Å². The Bertz CT molecular complexity index is 974. The average molecular weight is 390 g/mol. The second-order valence-electron chi connectivity index (χ2n) is 4.83. The summed E-state index contributed by atoms with van der Waals surface area (Å²) in [6.45, 7) is 0. The van der Waals surface area contributed by atoms with Gasteiger partial charge in [0, 0.05) is 0 Å². The molecule has 0 radical (unpaired) electrons. The average Bonchev–Trinajstić information content (AvgIpc) is 2.55. The van der Waals surface area contributed by atoms with Gasteiger partial charge in [-0.1, -0.05) is 18.2 Å². The predicted molar refractivity (Wildman–Crippen MR) is 81.3 cm³/mol. The summed E-state index contributed by atoms with van der Waals surface area (Å²) in [5.74, 6) is -3.70. The van der Waals surface area contributed by atoms with E-state index in [2.05, 4.69) is 0 Å². The fourth-order valence-electron chi connectivity index (χ4n) is 1.99. The molecule has 0 spiro atoms. The third-order valence-electron chi connectivity index (χ3n) is 3.14. The molecule has 0 bridgehead atoms. The van der Waals surface area contributed by atoms with Gasteiger partial charge in [-0.2, -0.15) is 13.2 Å². The second-order valence-corrected chi connectivity index (χ2v) is 6.75. The number of carbonyl (C=O) groups excluding carboxylic acids is 1. The van der Waals surface area contributed by atoms with Crippen LogP contribution in [0.5, 0.6) is 5.75 Å². The van der Waals surface area contributed by atoms with Crippen molar-refractivity contribution in [3.05, 3.63) is 52.6 Å². The lowest BCUT2D eigenvalue weighted by Gasteiger charge is -2.12. The molecule has 0 aliphatic carbocycles. The summed E-state index contributed by atoms with van der Waals surface area (Å²) in [5, 5.41) is 22.1. The third-order valence-corrected chi connectivity index (χ3v) is 4.94. The van der Waals surface area contributed by atoms with Crippen molar-refractivity contribution in [1.82, 2.24) is 0 Å². The number of nitro groups is 1. The number of carbonyl (C=O) groups is 1. The molecular weight excluding hydrogens is 381 g/mol. The maximum absolute atomic E-state index is 12.6. The fourth-order valence-corrected chi connectivity index (χ4v) is 3.44. The predicted octanol–water partition coefficient (Wildman–Crippen LogP) is 2.63. The Balaban J connectivity index is 2.72. The van der Waals surface area contributed by atoms with Gasteiger partial charge < -0.3 is 10.4 Å². The lowest BCUT2D eigenvalue weighted by molar-refractivity contribution is -0.386. The van der Waals surface area contributed by atoms with Crippen LogP contribution >= 0.6 is 0 Å². The van der Waals surface area contributed by atoms with Crippen molar-refractivity contribution in [2.75, 3.05) is 5.32 Å². The van der Waals surface area contributed by atoms with Crippen LogP contribution in [0.4, 0.5) is 24.5 Å². The molecule has 2 aromatic carbocycles. The minimum Gasteiger partial charge on any atom is -0.505 e. The van der Waals surface area contributed by atoms with Crippen molar-refractivity contribution in [3.8, 4) is 5.75 Å². The van der Waals surface area contributed by atoms with Crippen LogP contribution in [-0.4, -0.2) is 30.5 Å². The largest absolute Gasteiger partial charge is 0.505 e. The van der Waals surface area contributed by atoms with Crippen LogP contribution in [0.1, 0.15) is 0 Å². The molecule has 0 fully saturated rings. The topological polar surface area (TPSA) is 127 Å². The molecule has 12 heteroatoms. The number of phenolic OH excluding ortho intramolecular Hbond substituents is 1. The smallest absolute Gasteiger partial charge is 0.471 e. The summed E-state index contributed by atoms with van der Waals surface area (Å²) in [6, 6.07) is 7.71. The highest BCUT2D eigenvalue weighted by atomic mass is 32.2. The molecule has 0 saturated heterocycles. The first-order valence-corrected chi connectivity index (χ1v) is 8.13. The molecule has 0 aromatic heterocycles. The van der Waals surface area contributed by atoms with Gasteiger partial charge in [-0.05, 0) is 24.3 Å². The molecular formula is C14H9F3N2O6S. The highest BCUT2D eigenvalue weighted by molar-refractivity contribution is 7.91. The highest BCUT2D eigenvalue weighted by Crippen LogP contribution is 2.41. The van der Waals surface area contributed by atoms with Gasteiger partial charge >= 0.3 is 17.8 Å². The monoisotopic (exact) mass is 390 g/mol. The molecule has 0 unspecified atom stereocenters. The highest BCUT2D eigenvalue weighted by Gasteiger charge is 2.41. The van der Waals surface area contributed by atoms with Crippen molar-refractivity contribution >= 4 is 27.1 Å².